The van der Waals surface area contributed by atoms with Crippen LogP contribution in [0.2, 0.25) is 5.02 Å². The first-order valence-electron chi connectivity index (χ1n) is 7.11. The van der Waals surface area contributed by atoms with E-state index in [1.807, 2.05) is 33.0 Å². The van der Waals surface area contributed by atoms with E-state index in [1.54, 1.807) is 0 Å². The molecule has 4 nitrogen and oxygen atoms in total. The minimum absolute atomic E-state index is 0.257. The Kier molecular flexibility index (Phi) is 7.27. The second-order valence-corrected chi connectivity index (χ2v) is 5.88. The lowest BCUT2D eigenvalue weighted by Gasteiger charge is -2.20. The van der Waals surface area contributed by atoms with Gasteiger partial charge in [-0.05, 0) is 26.0 Å². The predicted molar refractivity (Wildman–Crippen MR) is 85.6 cm³/mol. The van der Waals surface area contributed by atoms with Crippen molar-refractivity contribution in [2.45, 2.75) is 46.4 Å². The first kappa shape index (κ1) is 17.2. The number of nitrogens with one attached hydrogen (secondary N) is 1. The molecule has 0 saturated heterocycles. The summed E-state index contributed by atoms with van der Waals surface area (Å²) < 4.78 is 5.56. The van der Waals surface area contributed by atoms with Crippen molar-refractivity contribution in [3.05, 3.63) is 22.8 Å². The van der Waals surface area contributed by atoms with Crippen LogP contribution in [0.3, 0.4) is 0 Å². The summed E-state index contributed by atoms with van der Waals surface area (Å²) in [6.45, 7) is 10.5. The van der Waals surface area contributed by atoms with E-state index in [9.17, 15) is 0 Å². The number of pyridine rings is 1. The highest BCUT2D eigenvalue weighted by molar-refractivity contribution is 6.31. The van der Waals surface area contributed by atoms with Crippen molar-refractivity contribution in [2.24, 2.45) is 0 Å². The van der Waals surface area contributed by atoms with E-state index < -0.39 is 0 Å². The number of aromatic nitrogens is 1. The van der Waals surface area contributed by atoms with Gasteiger partial charge in [-0.1, -0.05) is 25.4 Å². The summed E-state index contributed by atoms with van der Waals surface area (Å²) in [5.41, 5.74) is 0.884. The van der Waals surface area contributed by atoms with Gasteiger partial charge in [0.25, 0.3) is 0 Å². The van der Waals surface area contributed by atoms with Crippen molar-refractivity contribution in [2.75, 3.05) is 25.1 Å². The van der Waals surface area contributed by atoms with E-state index in [0.29, 0.717) is 24.2 Å². The fraction of sp³-hybridized carbons (Fsp3) is 0.667. The van der Waals surface area contributed by atoms with Gasteiger partial charge in [-0.25, -0.2) is 4.98 Å². The summed E-state index contributed by atoms with van der Waals surface area (Å²) in [5.74, 6) is 0.919. The predicted octanol–water partition coefficient (Wildman–Crippen LogP) is 3.09. The molecule has 1 heterocycles. The normalized spacial score (nSPS) is 11.4. The molecular weight excluding hydrogens is 274 g/mol. The van der Waals surface area contributed by atoms with Crippen molar-refractivity contribution in [1.29, 1.82) is 0 Å². The van der Waals surface area contributed by atoms with E-state index in [4.69, 9.17) is 16.3 Å². The maximum atomic E-state index is 6.18. The van der Waals surface area contributed by atoms with Crippen molar-refractivity contribution >= 4 is 17.4 Å². The summed E-state index contributed by atoms with van der Waals surface area (Å²) >= 11 is 6.18. The molecule has 0 bridgehead atoms. The Morgan fingerprint density at radius 1 is 1.30 bits per heavy atom. The van der Waals surface area contributed by atoms with Crippen molar-refractivity contribution in [3.8, 4) is 0 Å². The topological polar surface area (TPSA) is 37.4 Å². The Hall–Kier alpha value is -0.840. The van der Waals surface area contributed by atoms with Gasteiger partial charge < -0.3 is 15.0 Å². The van der Waals surface area contributed by atoms with Crippen LogP contribution in [-0.4, -0.2) is 37.3 Å². The van der Waals surface area contributed by atoms with Crippen LogP contribution in [0.5, 0.6) is 0 Å². The van der Waals surface area contributed by atoms with E-state index in [0.717, 1.165) is 18.1 Å². The molecule has 5 heteroatoms. The number of anilines is 1. The van der Waals surface area contributed by atoms with E-state index >= 15 is 0 Å². The molecule has 1 rings (SSSR count). The molecule has 0 aromatic carbocycles. The van der Waals surface area contributed by atoms with Crippen molar-refractivity contribution in [1.82, 2.24) is 10.3 Å². The number of hydrogen-bond donors (Lipinski definition) is 1. The zero-order valence-corrected chi connectivity index (χ0v) is 13.9. The van der Waals surface area contributed by atoms with Crippen LogP contribution in [0.15, 0.2) is 12.1 Å². The Bertz CT molecular complexity index is 410. The highest BCUT2D eigenvalue weighted by Crippen LogP contribution is 2.18. The van der Waals surface area contributed by atoms with Gasteiger partial charge in [0.2, 0.25) is 0 Å². The van der Waals surface area contributed by atoms with Gasteiger partial charge in [0, 0.05) is 26.2 Å². The molecule has 1 aromatic heterocycles. The lowest BCUT2D eigenvalue weighted by Crippen LogP contribution is -2.26. The molecule has 0 atom stereocenters. The fourth-order valence-corrected chi connectivity index (χ4v) is 1.82. The number of ether oxygens (including phenoxy) is 1. The van der Waals surface area contributed by atoms with E-state index in [1.165, 1.54) is 0 Å². The van der Waals surface area contributed by atoms with Gasteiger partial charge in [-0.3, -0.25) is 0 Å². The Morgan fingerprint density at radius 2 is 2.00 bits per heavy atom. The van der Waals surface area contributed by atoms with Gasteiger partial charge in [-0.2, -0.15) is 0 Å². The lowest BCUT2D eigenvalue weighted by atomic mass is 10.3. The first-order chi connectivity index (χ1) is 9.40. The van der Waals surface area contributed by atoms with Gasteiger partial charge in [0.15, 0.2) is 0 Å². The summed E-state index contributed by atoms with van der Waals surface area (Å²) in [7, 11) is 2.01. The molecule has 114 valence electrons. The SMILES string of the molecule is CC(C)NCc1nc(N(C)CCOC(C)C)ccc1Cl. The third-order valence-corrected chi connectivity index (χ3v) is 3.19. The van der Waals surface area contributed by atoms with Crippen LogP contribution in [0.4, 0.5) is 5.82 Å². The summed E-state index contributed by atoms with van der Waals surface area (Å²) in [5, 5.41) is 4.04. The highest BCUT2D eigenvalue weighted by Gasteiger charge is 2.08. The first-order valence-corrected chi connectivity index (χ1v) is 7.49. The van der Waals surface area contributed by atoms with E-state index in [2.05, 4.69) is 29.0 Å². The van der Waals surface area contributed by atoms with Gasteiger partial charge in [0.05, 0.1) is 23.4 Å². The quantitative estimate of drug-likeness (QED) is 0.800. The third-order valence-electron chi connectivity index (χ3n) is 2.85. The number of likely N-dealkylation sites (N-methyl/N-ethyl adjacent to an activating group) is 1. The maximum absolute atomic E-state index is 6.18. The van der Waals surface area contributed by atoms with Crippen LogP contribution in [-0.2, 0) is 11.3 Å². The monoisotopic (exact) mass is 299 g/mol. The molecule has 0 radical (unpaired) electrons. The summed E-state index contributed by atoms with van der Waals surface area (Å²) in [6.07, 6.45) is 0.257. The zero-order valence-electron chi connectivity index (χ0n) is 13.1. The zero-order chi connectivity index (χ0) is 15.1. The largest absolute Gasteiger partial charge is 0.377 e. The molecule has 0 saturated carbocycles. The van der Waals surface area contributed by atoms with Gasteiger partial charge in [-0.15, -0.1) is 0 Å². The molecule has 0 fully saturated rings. The number of nitrogens with zero attached hydrogens (tertiary/aromatic N) is 2. The molecular formula is C15H26ClN3O. The Balaban J connectivity index is 2.63. The smallest absolute Gasteiger partial charge is 0.128 e. The van der Waals surface area contributed by atoms with Gasteiger partial charge in [0.1, 0.15) is 5.82 Å². The third kappa shape index (κ3) is 6.07. The van der Waals surface area contributed by atoms with Crippen molar-refractivity contribution in [3.63, 3.8) is 0 Å². The maximum Gasteiger partial charge on any atom is 0.128 e. The average molecular weight is 300 g/mol. The fourth-order valence-electron chi connectivity index (χ4n) is 1.65. The van der Waals surface area contributed by atoms with Gasteiger partial charge >= 0.3 is 0 Å². The Labute approximate surface area is 127 Å². The van der Waals surface area contributed by atoms with Crippen LogP contribution in [0, 0.1) is 0 Å². The summed E-state index contributed by atoms with van der Waals surface area (Å²) in [4.78, 5) is 6.70. The number of halogens is 1. The second kappa shape index (κ2) is 8.45. The molecule has 0 amide bonds. The summed E-state index contributed by atoms with van der Waals surface area (Å²) in [6, 6.07) is 4.26. The lowest BCUT2D eigenvalue weighted by molar-refractivity contribution is 0.0845. The molecule has 0 aliphatic carbocycles. The molecule has 0 unspecified atom stereocenters. The molecule has 0 aliphatic heterocycles. The van der Waals surface area contributed by atoms with E-state index in [-0.39, 0.29) is 6.10 Å². The van der Waals surface area contributed by atoms with Crippen LogP contribution < -0.4 is 10.2 Å². The minimum Gasteiger partial charge on any atom is -0.377 e. The van der Waals surface area contributed by atoms with Crippen molar-refractivity contribution < 1.29 is 4.74 Å². The van der Waals surface area contributed by atoms with Crippen LogP contribution in [0.1, 0.15) is 33.4 Å². The highest BCUT2D eigenvalue weighted by atomic mass is 35.5. The molecule has 0 aliphatic rings. The Morgan fingerprint density at radius 3 is 2.60 bits per heavy atom. The molecule has 0 spiro atoms. The second-order valence-electron chi connectivity index (χ2n) is 5.47. The molecule has 20 heavy (non-hydrogen) atoms. The minimum atomic E-state index is 0.257. The average Bonchev–Trinajstić information content (AvgIpc) is 2.37. The number of rotatable bonds is 8. The number of hydrogen-bond acceptors (Lipinski definition) is 4. The van der Waals surface area contributed by atoms with Crippen LogP contribution >= 0.6 is 11.6 Å². The molecule has 1 N–H and O–H groups in total. The standard InChI is InChI=1S/C15H26ClN3O/c1-11(2)17-10-14-13(16)6-7-15(18-14)19(5)8-9-20-12(3)4/h6-7,11-12,17H,8-10H2,1-5H3. The molecule has 1 aromatic rings. The van der Waals surface area contributed by atoms with Crippen LogP contribution in [0.25, 0.3) is 0 Å².